The second kappa shape index (κ2) is 8.70. The van der Waals surface area contributed by atoms with Crippen LogP contribution in [0.25, 0.3) is 0 Å². The predicted molar refractivity (Wildman–Crippen MR) is 95.4 cm³/mol. The average molecular weight is 335 g/mol. The van der Waals surface area contributed by atoms with E-state index in [0.29, 0.717) is 12.5 Å². The molecule has 1 aromatic carbocycles. The van der Waals surface area contributed by atoms with E-state index in [4.69, 9.17) is 0 Å². The van der Waals surface area contributed by atoms with E-state index in [1.165, 1.54) is 5.56 Å². The Labute approximate surface area is 142 Å². The summed E-state index contributed by atoms with van der Waals surface area (Å²) >= 11 is 0. The fourth-order valence-corrected chi connectivity index (χ4v) is 2.76. The number of nitrogens with one attached hydrogen (secondary N) is 3. The largest absolute Gasteiger partial charge is 0.356 e. The van der Waals surface area contributed by atoms with Crippen LogP contribution in [0.4, 0.5) is 5.95 Å². The van der Waals surface area contributed by atoms with Gasteiger partial charge in [-0.3, -0.25) is 9.78 Å². The van der Waals surface area contributed by atoms with Gasteiger partial charge >= 0.3 is 0 Å². The molecule has 1 aliphatic heterocycles. The van der Waals surface area contributed by atoms with Gasteiger partial charge in [-0.1, -0.05) is 30.3 Å². The summed E-state index contributed by atoms with van der Waals surface area (Å²) < 4.78 is 0. The Kier molecular flexibility index (Phi) is 6.62. The first-order valence-electron chi connectivity index (χ1n) is 7.93. The number of benzene rings is 1. The third-order valence-electron chi connectivity index (χ3n) is 3.97. The molecule has 0 atom stereocenters. The highest BCUT2D eigenvalue weighted by atomic mass is 35.5. The van der Waals surface area contributed by atoms with Gasteiger partial charge in [0.05, 0.1) is 5.69 Å². The zero-order valence-corrected chi connectivity index (χ0v) is 13.9. The summed E-state index contributed by atoms with van der Waals surface area (Å²) in [5, 5.41) is 6.47. The average Bonchev–Trinajstić information content (AvgIpc) is 2.56. The van der Waals surface area contributed by atoms with Gasteiger partial charge in [-0.2, -0.15) is 0 Å². The van der Waals surface area contributed by atoms with Crippen molar-refractivity contribution in [3.8, 4) is 0 Å². The number of aromatic amines is 1. The zero-order valence-electron chi connectivity index (χ0n) is 13.1. The molecule has 0 bridgehead atoms. The third-order valence-corrected chi connectivity index (χ3v) is 3.97. The normalized spacial score (nSPS) is 13.0. The van der Waals surface area contributed by atoms with Crippen molar-refractivity contribution < 1.29 is 0 Å². The summed E-state index contributed by atoms with van der Waals surface area (Å²) in [4.78, 5) is 19.3. The molecule has 23 heavy (non-hydrogen) atoms. The Bertz CT molecular complexity index is 672. The molecule has 6 heteroatoms. The van der Waals surface area contributed by atoms with E-state index >= 15 is 0 Å². The summed E-state index contributed by atoms with van der Waals surface area (Å²) in [6.07, 6.45) is 4.01. The van der Waals surface area contributed by atoms with Crippen molar-refractivity contribution in [1.82, 2.24) is 15.3 Å². The van der Waals surface area contributed by atoms with E-state index < -0.39 is 0 Å². The van der Waals surface area contributed by atoms with Crippen molar-refractivity contribution in [3.05, 3.63) is 57.5 Å². The third kappa shape index (κ3) is 4.81. The van der Waals surface area contributed by atoms with Crippen molar-refractivity contribution in [3.63, 3.8) is 0 Å². The monoisotopic (exact) mass is 334 g/mol. The van der Waals surface area contributed by atoms with Gasteiger partial charge in [0.25, 0.3) is 5.56 Å². The summed E-state index contributed by atoms with van der Waals surface area (Å²) in [6, 6.07) is 10.5. The second-order valence-electron chi connectivity index (χ2n) is 5.64. The number of aromatic nitrogens is 2. The SMILES string of the molecule is Cl.O=c1[nH]c(NCCCCc2ccccc2)nc2c1CCNC2. The predicted octanol–water partition coefficient (Wildman–Crippen LogP) is 2.27. The summed E-state index contributed by atoms with van der Waals surface area (Å²) in [5.41, 5.74) is 3.07. The number of aryl methyl sites for hydroxylation is 1. The van der Waals surface area contributed by atoms with E-state index in [9.17, 15) is 4.79 Å². The van der Waals surface area contributed by atoms with Crippen LogP contribution >= 0.6 is 12.4 Å². The fourth-order valence-electron chi connectivity index (χ4n) is 2.76. The molecular formula is C17H23ClN4O. The Morgan fingerprint density at radius 2 is 2.00 bits per heavy atom. The van der Waals surface area contributed by atoms with Gasteiger partial charge in [-0.25, -0.2) is 4.98 Å². The lowest BCUT2D eigenvalue weighted by atomic mass is 10.1. The molecule has 0 unspecified atom stereocenters. The van der Waals surface area contributed by atoms with E-state index in [1.807, 2.05) is 6.07 Å². The lowest BCUT2D eigenvalue weighted by Gasteiger charge is -2.16. The highest BCUT2D eigenvalue weighted by molar-refractivity contribution is 5.85. The molecule has 3 N–H and O–H groups in total. The molecule has 0 amide bonds. The van der Waals surface area contributed by atoms with Crippen LogP contribution in [0, 0.1) is 0 Å². The minimum atomic E-state index is -0.00159. The second-order valence-corrected chi connectivity index (χ2v) is 5.64. The maximum Gasteiger partial charge on any atom is 0.255 e. The molecule has 0 saturated heterocycles. The maximum atomic E-state index is 12.0. The van der Waals surface area contributed by atoms with E-state index in [0.717, 1.165) is 50.0 Å². The first kappa shape index (κ1) is 17.5. The van der Waals surface area contributed by atoms with Gasteiger partial charge in [0.2, 0.25) is 5.95 Å². The van der Waals surface area contributed by atoms with Crippen LogP contribution in [0.1, 0.15) is 29.7 Å². The standard InChI is InChI=1S/C17H22N4O.ClH/c22-16-14-9-11-18-12-15(14)20-17(21-16)19-10-5-4-8-13-6-2-1-3-7-13;/h1-3,6-7,18H,4-5,8-12H2,(H2,19,20,21,22);1H. The molecule has 2 heterocycles. The molecule has 0 radical (unpaired) electrons. The molecule has 0 aliphatic carbocycles. The van der Waals surface area contributed by atoms with Crippen molar-refractivity contribution in [2.45, 2.75) is 32.2 Å². The Hall–Kier alpha value is -1.85. The number of fused-ring (bicyclic) bond motifs is 1. The summed E-state index contributed by atoms with van der Waals surface area (Å²) in [7, 11) is 0. The summed E-state index contributed by atoms with van der Waals surface area (Å²) in [5.74, 6) is 0.590. The molecule has 124 valence electrons. The quantitative estimate of drug-likeness (QED) is 0.709. The van der Waals surface area contributed by atoms with E-state index in [1.54, 1.807) is 0 Å². The number of hydrogen-bond donors (Lipinski definition) is 3. The van der Waals surface area contributed by atoms with Crippen molar-refractivity contribution in [2.24, 2.45) is 0 Å². The molecule has 0 fully saturated rings. The lowest BCUT2D eigenvalue weighted by molar-refractivity contribution is 0.619. The van der Waals surface area contributed by atoms with Gasteiger partial charge < -0.3 is 10.6 Å². The number of nitrogens with zero attached hydrogens (tertiary/aromatic N) is 1. The molecule has 1 aliphatic rings. The van der Waals surface area contributed by atoms with Crippen molar-refractivity contribution >= 4 is 18.4 Å². The molecule has 3 rings (SSSR count). The van der Waals surface area contributed by atoms with Gasteiger partial charge in [0.15, 0.2) is 0 Å². The van der Waals surface area contributed by atoms with Crippen LogP contribution < -0.4 is 16.2 Å². The molecule has 2 aromatic rings. The van der Waals surface area contributed by atoms with E-state index in [-0.39, 0.29) is 18.0 Å². The van der Waals surface area contributed by atoms with Crippen molar-refractivity contribution in [1.29, 1.82) is 0 Å². The number of rotatable bonds is 6. The van der Waals surface area contributed by atoms with Gasteiger partial charge in [-0.15, -0.1) is 12.4 Å². The highest BCUT2D eigenvalue weighted by Crippen LogP contribution is 2.09. The van der Waals surface area contributed by atoms with Crippen molar-refractivity contribution in [2.75, 3.05) is 18.4 Å². The number of hydrogen-bond acceptors (Lipinski definition) is 4. The number of H-pyrrole nitrogens is 1. The number of halogens is 1. The van der Waals surface area contributed by atoms with Crippen LogP contribution in [0.2, 0.25) is 0 Å². The zero-order chi connectivity index (χ0) is 15.2. The first-order valence-corrected chi connectivity index (χ1v) is 7.93. The van der Waals surface area contributed by atoms with Gasteiger partial charge in [0.1, 0.15) is 0 Å². The molecule has 0 spiro atoms. The molecule has 5 nitrogen and oxygen atoms in total. The Balaban J connectivity index is 0.00000192. The lowest BCUT2D eigenvalue weighted by Crippen LogP contribution is -2.31. The smallest absolute Gasteiger partial charge is 0.255 e. The molecule has 1 aromatic heterocycles. The first-order chi connectivity index (χ1) is 10.8. The van der Waals surface area contributed by atoms with Crippen LogP contribution in [-0.4, -0.2) is 23.1 Å². The topological polar surface area (TPSA) is 69.8 Å². The minimum Gasteiger partial charge on any atom is -0.356 e. The van der Waals surface area contributed by atoms with Crippen LogP contribution in [0.5, 0.6) is 0 Å². The minimum absolute atomic E-state index is 0. The Morgan fingerprint density at radius 3 is 2.83 bits per heavy atom. The summed E-state index contributed by atoms with van der Waals surface area (Å²) in [6.45, 7) is 2.36. The fraction of sp³-hybridized carbons (Fsp3) is 0.412. The number of anilines is 1. The van der Waals surface area contributed by atoms with Crippen LogP contribution in [0.15, 0.2) is 35.1 Å². The van der Waals surface area contributed by atoms with Crippen LogP contribution in [-0.2, 0) is 19.4 Å². The van der Waals surface area contributed by atoms with Gasteiger partial charge in [-0.05, 0) is 37.8 Å². The molecular weight excluding hydrogens is 312 g/mol. The number of unbranched alkanes of at least 4 members (excludes halogenated alkanes) is 1. The maximum absolute atomic E-state index is 12.0. The highest BCUT2D eigenvalue weighted by Gasteiger charge is 2.14. The molecule has 0 saturated carbocycles. The van der Waals surface area contributed by atoms with Gasteiger partial charge in [0, 0.05) is 18.7 Å². The Morgan fingerprint density at radius 1 is 1.17 bits per heavy atom. The van der Waals surface area contributed by atoms with E-state index in [2.05, 4.69) is 44.9 Å². The van der Waals surface area contributed by atoms with Crippen LogP contribution in [0.3, 0.4) is 0 Å².